The van der Waals surface area contributed by atoms with Crippen LogP contribution in [0.25, 0.3) is 0 Å². The Kier molecular flexibility index (Phi) is 12.3. The monoisotopic (exact) mass is 598 g/mol. The SMILES string of the molecule is C=C(OS(=O)(=O)c1ccc(C)cc1)C(=O)OCCOCCOCCOC(=O)C(=C)OS(=O)(=O)c1ccc(C)cc1. The summed E-state index contributed by atoms with van der Waals surface area (Å²) in [5.41, 5.74) is 1.71. The molecule has 0 heterocycles. The Morgan fingerprint density at radius 2 is 0.875 bits per heavy atom. The van der Waals surface area contributed by atoms with Crippen molar-refractivity contribution in [2.24, 2.45) is 0 Å². The first-order chi connectivity index (χ1) is 18.8. The maximum atomic E-state index is 12.2. The van der Waals surface area contributed by atoms with Gasteiger partial charge in [-0.1, -0.05) is 35.4 Å². The minimum atomic E-state index is -4.22. The van der Waals surface area contributed by atoms with E-state index in [1.165, 1.54) is 24.3 Å². The molecule has 0 aliphatic rings. The third kappa shape index (κ3) is 10.8. The van der Waals surface area contributed by atoms with Gasteiger partial charge >= 0.3 is 32.2 Å². The van der Waals surface area contributed by atoms with Crippen molar-refractivity contribution in [1.29, 1.82) is 0 Å². The van der Waals surface area contributed by atoms with Crippen molar-refractivity contribution < 1.29 is 53.7 Å². The summed E-state index contributed by atoms with van der Waals surface area (Å²) >= 11 is 0. The lowest BCUT2D eigenvalue weighted by atomic mass is 10.2. The second-order valence-electron chi connectivity index (χ2n) is 8.04. The second kappa shape index (κ2) is 15.2. The molecule has 0 saturated heterocycles. The zero-order valence-electron chi connectivity index (χ0n) is 22.0. The molecule has 12 nitrogen and oxygen atoms in total. The molecule has 14 heteroatoms. The average molecular weight is 599 g/mol. The van der Waals surface area contributed by atoms with Crippen molar-refractivity contribution in [3.8, 4) is 0 Å². The molecular weight excluding hydrogens is 568 g/mol. The van der Waals surface area contributed by atoms with Gasteiger partial charge in [-0.15, -0.1) is 0 Å². The number of hydrogen-bond donors (Lipinski definition) is 0. The molecule has 0 fully saturated rings. The quantitative estimate of drug-likeness (QED) is 0.0863. The molecule has 0 atom stereocenters. The van der Waals surface area contributed by atoms with Crippen LogP contribution in [0.1, 0.15) is 11.1 Å². The molecule has 0 amide bonds. The molecule has 2 rings (SSSR count). The van der Waals surface area contributed by atoms with Crippen molar-refractivity contribution in [2.45, 2.75) is 23.6 Å². The molecule has 0 N–H and O–H groups in total. The number of hydrogen-bond acceptors (Lipinski definition) is 12. The molecule has 0 spiro atoms. The Hall–Kier alpha value is -3.72. The van der Waals surface area contributed by atoms with Crippen molar-refractivity contribution in [2.75, 3.05) is 39.6 Å². The summed E-state index contributed by atoms with van der Waals surface area (Å²) in [5.74, 6) is -3.51. The Bertz CT molecular complexity index is 1290. The maximum absolute atomic E-state index is 12.2. The molecule has 0 unspecified atom stereocenters. The van der Waals surface area contributed by atoms with E-state index in [2.05, 4.69) is 13.2 Å². The topological polar surface area (TPSA) is 158 Å². The largest absolute Gasteiger partial charge is 0.457 e. The van der Waals surface area contributed by atoms with Gasteiger partial charge in [-0.3, -0.25) is 0 Å². The maximum Gasteiger partial charge on any atom is 0.374 e. The van der Waals surface area contributed by atoms with Crippen LogP contribution in [-0.4, -0.2) is 68.4 Å². The highest BCUT2D eigenvalue weighted by molar-refractivity contribution is 7.87. The highest BCUT2D eigenvalue weighted by atomic mass is 32.2. The van der Waals surface area contributed by atoms with E-state index >= 15 is 0 Å². The molecule has 0 saturated carbocycles. The molecule has 2 aromatic rings. The lowest BCUT2D eigenvalue weighted by Crippen LogP contribution is -2.18. The van der Waals surface area contributed by atoms with E-state index in [1.807, 2.05) is 0 Å². The van der Waals surface area contributed by atoms with Crippen LogP contribution >= 0.6 is 0 Å². The molecule has 218 valence electrons. The number of carbonyl (C=O) groups excluding carboxylic acids is 2. The second-order valence-corrected chi connectivity index (χ2v) is 11.1. The van der Waals surface area contributed by atoms with E-state index in [0.717, 1.165) is 11.1 Å². The summed E-state index contributed by atoms with van der Waals surface area (Å²) in [7, 11) is -8.44. The Labute approximate surface area is 233 Å². The summed E-state index contributed by atoms with van der Waals surface area (Å²) in [5, 5.41) is 0. The minimum absolute atomic E-state index is 0.0191. The van der Waals surface area contributed by atoms with Crippen LogP contribution in [0.3, 0.4) is 0 Å². The fourth-order valence-electron chi connectivity index (χ4n) is 2.71. The van der Waals surface area contributed by atoms with Crippen molar-refractivity contribution in [3.63, 3.8) is 0 Å². The molecule has 0 radical (unpaired) electrons. The van der Waals surface area contributed by atoms with Gasteiger partial charge in [0.25, 0.3) is 0 Å². The zero-order chi connectivity index (χ0) is 29.8. The molecule has 0 aromatic heterocycles. The van der Waals surface area contributed by atoms with Gasteiger partial charge in [0.15, 0.2) is 0 Å². The van der Waals surface area contributed by atoms with Crippen LogP contribution in [0.5, 0.6) is 0 Å². The van der Waals surface area contributed by atoms with Gasteiger partial charge in [-0.2, -0.15) is 16.8 Å². The van der Waals surface area contributed by atoms with E-state index in [1.54, 1.807) is 38.1 Å². The van der Waals surface area contributed by atoms with Crippen molar-refractivity contribution in [3.05, 3.63) is 84.3 Å². The number of esters is 2. The smallest absolute Gasteiger partial charge is 0.374 e. The Balaban J connectivity index is 1.54. The summed E-state index contributed by atoms with van der Waals surface area (Å²) in [6.45, 7) is 9.93. The minimum Gasteiger partial charge on any atom is -0.457 e. The van der Waals surface area contributed by atoms with E-state index in [9.17, 15) is 26.4 Å². The van der Waals surface area contributed by atoms with E-state index in [4.69, 9.17) is 27.3 Å². The van der Waals surface area contributed by atoms with Crippen LogP contribution < -0.4 is 0 Å². The predicted molar refractivity (Wildman–Crippen MR) is 141 cm³/mol. The molecule has 0 aliphatic carbocycles. The Morgan fingerprint density at radius 3 is 1.20 bits per heavy atom. The first-order valence-corrected chi connectivity index (χ1v) is 14.5. The van der Waals surface area contributed by atoms with Crippen LogP contribution in [0.2, 0.25) is 0 Å². The number of ether oxygens (including phenoxy) is 4. The summed E-state index contributed by atoms with van der Waals surface area (Å²) < 4.78 is 78.3. The molecule has 40 heavy (non-hydrogen) atoms. The third-order valence-corrected chi connectivity index (χ3v) is 7.33. The van der Waals surface area contributed by atoms with Gasteiger partial charge in [0.1, 0.15) is 23.0 Å². The lowest BCUT2D eigenvalue weighted by molar-refractivity contribution is -0.144. The summed E-state index contributed by atoms with van der Waals surface area (Å²) in [6, 6.07) is 11.7. The van der Waals surface area contributed by atoms with Crippen LogP contribution in [0.15, 0.2) is 83.0 Å². The zero-order valence-corrected chi connectivity index (χ0v) is 23.6. The van der Waals surface area contributed by atoms with Crippen LogP contribution in [0, 0.1) is 13.8 Å². The molecule has 2 aromatic carbocycles. The van der Waals surface area contributed by atoms with Gasteiger partial charge < -0.3 is 27.3 Å². The van der Waals surface area contributed by atoms with E-state index in [-0.39, 0.29) is 49.4 Å². The number of rotatable bonds is 17. The van der Waals surface area contributed by atoms with Gasteiger partial charge in [0, 0.05) is 0 Å². The molecule has 0 aliphatic heterocycles. The van der Waals surface area contributed by atoms with Gasteiger partial charge in [-0.05, 0) is 51.3 Å². The first kappa shape index (κ1) is 32.5. The molecule has 0 bridgehead atoms. The first-order valence-electron chi connectivity index (χ1n) is 11.7. The Morgan fingerprint density at radius 1 is 0.575 bits per heavy atom. The fourth-order valence-corrected chi connectivity index (χ4v) is 4.51. The van der Waals surface area contributed by atoms with E-state index < -0.39 is 43.7 Å². The number of benzene rings is 2. The number of carbonyl (C=O) groups is 2. The van der Waals surface area contributed by atoms with Gasteiger partial charge in [-0.25, -0.2) is 9.59 Å². The predicted octanol–water partition coefficient (Wildman–Crippen LogP) is 2.56. The van der Waals surface area contributed by atoms with Gasteiger partial charge in [0.05, 0.1) is 26.4 Å². The fraction of sp³-hybridized carbons (Fsp3) is 0.308. The van der Waals surface area contributed by atoms with Crippen LogP contribution in [-0.2, 0) is 57.1 Å². The molecular formula is C26H30O12S2. The summed E-state index contributed by atoms with van der Waals surface area (Å²) in [6.07, 6.45) is 0. The van der Waals surface area contributed by atoms with Crippen molar-refractivity contribution >= 4 is 32.2 Å². The standard InChI is InChI=1S/C26H30O12S2/c1-19-5-9-23(10-6-19)39(29,30)37-21(3)25(27)35-17-15-33-13-14-34-16-18-36-26(28)22(4)38-40(31,32)24-11-7-20(2)8-12-24/h5-12H,3-4,13-18H2,1-2H3. The highest BCUT2D eigenvalue weighted by Crippen LogP contribution is 2.17. The third-order valence-electron chi connectivity index (χ3n) is 4.79. The normalized spacial score (nSPS) is 11.3. The van der Waals surface area contributed by atoms with Crippen LogP contribution in [0.4, 0.5) is 0 Å². The van der Waals surface area contributed by atoms with E-state index in [0.29, 0.717) is 0 Å². The van der Waals surface area contributed by atoms with Gasteiger partial charge in [0.2, 0.25) is 11.5 Å². The van der Waals surface area contributed by atoms with Crippen molar-refractivity contribution in [1.82, 2.24) is 0 Å². The lowest BCUT2D eigenvalue weighted by Gasteiger charge is -2.11. The highest BCUT2D eigenvalue weighted by Gasteiger charge is 2.23. The number of aryl methyl sites for hydroxylation is 2. The average Bonchev–Trinajstić information content (AvgIpc) is 2.89. The summed E-state index contributed by atoms with van der Waals surface area (Å²) in [4.78, 5) is 23.5.